The van der Waals surface area contributed by atoms with Crippen molar-refractivity contribution in [3.8, 4) is 11.5 Å². The molecule has 28 heavy (non-hydrogen) atoms. The number of nitrogens with zero attached hydrogens (tertiary/aromatic N) is 1. The first kappa shape index (κ1) is 19.5. The van der Waals surface area contributed by atoms with Crippen LogP contribution in [0.1, 0.15) is 21.6 Å². The van der Waals surface area contributed by atoms with Gasteiger partial charge in [0, 0.05) is 17.6 Å². The summed E-state index contributed by atoms with van der Waals surface area (Å²) in [7, 11) is 1.38. The third-order valence-electron chi connectivity index (χ3n) is 4.23. The molecule has 0 unspecified atom stereocenters. The number of amides is 1. The van der Waals surface area contributed by atoms with Gasteiger partial charge in [-0.1, -0.05) is 24.3 Å². The highest BCUT2D eigenvalue weighted by atomic mass is 19.3. The number of methoxy groups -OCH3 is 1. The van der Waals surface area contributed by atoms with E-state index in [9.17, 15) is 13.6 Å². The van der Waals surface area contributed by atoms with Crippen LogP contribution in [0.5, 0.6) is 11.5 Å². The highest BCUT2D eigenvalue weighted by molar-refractivity contribution is 6.06. The van der Waals surface area contributed by atoms with Crippen LogP contribution in [0.25, 0.3) is 10.9 Å². The average molecular weight is 386 g/mol. The van der Waals surface area contributed by atoms with E-state index >= 15 is 0 Å². The van der Waals surface area contributed by atoms with Crippen LogP contribution in [-0.4, -0.2) is 31.2 Å². The number of rotatable bonds is 7. The molecule has 2 aromatic carbocycles. The van der Waals surface area contributed by atoms with Crippen LogP contribution in [0.15, 0.2) is 48.5 Å². The number of ether oxygens (including phenoxy) is 2. The number of nitrogens with one attached hydrogen (secondary N) is 1. The van der Waals surface area contributed by atoms with E-state index in [1.165, 1.54) is 13.2 Å². The number of fused-ring (bicyclic) bond motifs is 1. The van der Waals surface area contributed by atoms with E-state index in [1.807, 2.05) is 31.2 Å². The number of carbonyl (C=O) groups excluding carboxylic acids is 1. The van der Waals surface area contributed by atoms with Gasteiger partial charge in [0.2, 0.25) is 0 Å². The Morgan fingerprint density at radius 3 is 2.68 bits per heavy atom. The molecule has 1 heterocycles. The van der Waals surface area contributed by atoms with Crippen molar-refractivity contribution in [2.75, 3.05) is 13.7 Å². The first-order chi connectivity index (χ1) is 13.5. The maximum Gasteiger partial charge on any atom is 0.387 e. The minimum absolute atomic E-state index is 0.0305. The van der Waals surface area contributed by atoms with Crippen LogP contribution in [0.2, 0.25) is 0 Å². The van der Waals surface area contributed by atoms with Gasteiger partial charge in [-0.05, 0) is 43.2 Å². The minimum Gasteiger partial charge on any atom is -0.493 e. The Kier molecular flexibility index (Phi) is 6.03. The molecular formula is C21H20F2N2O3. The summed E-state index contributed by atoms with van der Waals surface area (Å²) in [5.74, 6) is -0.0110. The summed E-state index contributed by atoms with van der Waals surface area (Å²) in [5.41, 5.74) is 2.82. The van der Waals surface area contributed by atoms with Crippen molar-refractivity contribution in [1.29, 1.82) is 0 Å². The molecule has 0 bridgehead atoms. The van der Waals surface area contributed by atoms with E-state index in [0.29, 0.717) is 18.5 Å². The number of alkyl halides is 2. The molecule has 0 radical (unpaired) electrons. The van der Waals surface area contributed by atoms with Crippen molar-refractivity contribution in [3.05, 3.63) is 65.4 Å². The van der Waals surface area contributed by atoms with Gasteiger partial charge in [-0.2, -0.15) is 8.78 Å². The van der Waals surface area contributed by atoms with Crippen LogP contribution in [0.3, 0.4) is 0 Å². The second-order valence-corrected chi connectivity index (χ2v) is 6.20. The third-order valence-corrected chi connectivity index (χ3v) is 4.23. The molecule has 1 aromatic heterocycles. The molecule has 0 atom stereocenters. The van der Waals surface area contributed by atoms with Crippen molar-refractivity contribution in [2.24, 2.45) is 0 Å². The molecule has 0 fully saturated rings. The number of carbonyl (C=O) groups is 1. The van der Waals surface area contributed by atoms with Gasteiger partial charge in [-0.15, -0.1) is 0 Å². The number of aromatic nitrogens is 1. The number of halogens is 2. The number of aryl methyl sites for hydroxylation is 1. The van der Waals surface area contributed by atoms with Crippen molar-refractivity contribution in [1.82, 2.24) is 10.3 Å². The lowest BCUT2D eigenvalue weighted by atomic mass is 10.1. The Morgan fingerprint density at radius 1 is 1.14 bits per heavy atom. The Balaban J connectivity index is 1.69. The number of pyridine rings is 1. The monoisotopic (exact) mass is 386 g/mol. The highest BCUT2D eigenvalue weighted by Crippen LogP contribution is 2.29. The van der Waals surface area contributed by atoms with Crippen LogP contribution in [0.4, 0.5) is 8.78 Å². The van der Waals surface area contributed by atoms with Crippen molar-refractivity contribution in [3.63, 3.8) is 0 Å². The quantitative estimate of drug-likeness (QED) is 0.663. The van der Waals surface area contributed by atoms with Crippen LogP contribution < -0.4 is 14.8 Å². The third kappa shape index (κ3) is 4.54. The molecule has 3 rings (SSSR count). The molecule has 0 aliphatic heterocycles. The molecule has 1 N–H and O–H groups in total. The standard InChI is InChI=1S/C21H20F2N2O3/c1-13-11-16(15-5-3-4-6-17(15)25-13)20(26)24-10-9-14-7-8-18(27-2)19(12-14)28-21(22)23/h3-8,11-12,21H,9-10H2,1-2H3,(H,24,26). The van der Waals surface area contributed by atoms with Gasteiger partial charge >= 0.3 is 6.61 Å². The minimum atomic E-state index is -2.94. The molecule has 146 valence electrons. The van der Waals surface area contributed by atoms with Crippen LogP contribution in [0, 0.1) is 6.92 Å². The zero-order valence-electron chi connectivity index (χ0n) is 15.5. The van der Waals surface area contributed by atoms with Gasteiger partial charge < -0.3 is 14.8 Å². The molecule has 5 nitrogen and oxygen atoms in total. The number of hydrogen-bond acceptors (Lipinski definition) is 4. The summed E-state index contributed by atoms with van der Waals surface area (Å²) in [4.78, 5) is 17.1. The van der Waals surface area contributed by atoms with Gasteiger partial charge in [0.25, 0.3) is 5.91 Å². The molecule has 0 saturated heterocycles. The molecule has 7 heteroatoms. The molecule has 3 aromatic rings. The fourth-order valence-corrected chi connectivity index (χ4v) is 2.98. The Hall–Kier alpha value is -3.22. The summed E-state index contributed by atoms with van der Waals surface area (Å²) in [5, 5.41) is 3.65. The molecular weight excluding hydrogens is 366 g/mol. The summed E-state index contributed by atoms with van der Waals surface area (Å²) >= 11 is 0. The van der Waals surface area contributed by atoms with E-state index in [1.54, 1.807) is 18.2 Å². The Morgan fingerprint density at radius 2 is 1.93 bits per heavy atom. The lowest BCUT2D eigenvalue weighted by molar-refractivity contribution is -0.0512. The van der Waals surface area contributed by atoms with Gasteiger partial charge in [-0.3, -0.25) is 9.78 Å². The normalized spacial score (nSPS) is 10.9. The maximum atomic E-state index is 12.6. The van der Waals surface area contributed by atoms with E-state index in [4.69, 9.17) is 4.74 Å². The van der Waals surface area contributed by atoms with Gasteiger partial charge in [-0.25, -0.2) is 0 Å². The van der Waals surface area contributed by atoms with E-state index in [2.05, 4.69) is 15.0 Å². The Bertz CT molecular complexity index is 993. The fraction of sp³-hybridized carbons (Fsp3) is 0.238. The molecule has 0 aliphatic rings. The van der Waals surface area contributed by atoms with Gasteiger partial charge in [0.1, 0.15) is 0 Å². The number of hydrogen-bond donors (Lipinski definition) is 1. The first-order valence-corrected chi connectivity index (χ1v) is 8.74. The molecule has 0 saturated carbocycles. The Labute approximate surface area is 161 Å². The van der Waals surface area contributed by atoms with Gasteiger partial charge in [0.15, 0.2) is 11.5 Å². The second kappa shape index (κ2) is 8.65. The zero-order chi connectivity index (χ0) is 20.1. The molecule has 0 aliphatic carbocycles. The maximum absolute atomic E-state index is 12.6. The van der Waals surface area contributed by atoms with Crippen LogP contribution >= 0.6 is 0 Å². The summed E-state index contributed by atoms with van der Waals surface area (Å²) in [6.45, 7) is -0.757. The topological polar surface area (TPSA) is 60.5 Å². The lowest BCUT2D eigenvalue weighted by Gasteiger charge is -2.12. The zero-order valence-corrected chi connectivity index (χ0v) is 15.5. The van der Waals surface area contributed by atoms with E-state index in [0.717, 1.165) is 22.2 Å². The van der Waals surface area contributed by atoms with Crippen molar-refractivity contribution < 1.29 is 23.0 Å². The molecule has 0 spiro atoms. The number of benzene rings is 2. The van der Waals surface area contributed by atoms with E-state index in [-0.39, 0.29) is 17.4 Å². The predicted molar refractivity (Wildman–Crippen MR) is 102 cm³/mol. The first-order valence-electron chi connectivity index (χ1n) is 8.74. The highest BCUT2D eigenvalue weighted by Gasteiger charge is 2.13. The SMILES string of the molecule is COc1ccc(CCNC(=O)c2cc(C)nc3ccccc23)cc1OC(F)F. The van der Waals surface area contributed by atoms with Crippen molar-refractivity contribution in [2.45, 2.75) is 20.0 Å². The van der Waals surface area contributed by atoms with Gasteiger partial charge in [0.05, 0.1) is 18.2 Å². The lowest BCUT2D eigenvalue weighted by Crippen LogP contribution is -2.26. The summed E-state index contributed by atoms with van der Waals surface area (Å²) in [6.07, 6.45) is 0.456. The molecule has 1 amide bonds. The number of para-hydroxylation sites is 1. The second-order valence-electron chi connectivity index (χ2n) is 6.20. The summed E-state index contributed by atoms with van der Waals surface area (Å²) < 4.78 is 34.6. The predicted octanol–water partition coefficient (Wildman–Crippen LogP) is 4.13. The smallest absolute Gasteiger partial charge is 0.387 e. The fourth-order valence-electron chi connectivity index (χ4n) is 2.98. The average Bonchev–Trinajstić information content (AvgIpc) is 2.67. The summed E-state index contributed by atoms with van der Waals surface area (Å²) in [6, 6.07) is 14.0. The van der Waals surface area contributed by atoms with Crippen molar-refractivity contribution >= 4 is 16.8 Å². The van der Waals surface area contributed by atoms with Crippen LogP contribution in [-0.2, 0) is 6.42 Å². The van der Waals surface area contributed by atoms with E-state index < -0.39 is 6.61 Å². The largest absolute Gasteiger partial charge is 0.493 e.